The highest BCUT2D eigenvalue weighted by atomic mass is 16.5. The number of ether oxygens (including phenoxy) is 2. The van der Waals surface area contributed by atoms with Gasteiger partial charge in [-0.2, -0.15) is 0 Å². The van der Waals surface area contributed by atoms with Crippen LogP contribution in [0.5, 0.6) is 17.2 Å². The number of hydrogen-bond donors (Lipinski definition) is 1. The Morgan fingerprint density at radius 2 is 1.44 bits per heavy atom. The van der Waals surface area contributed by atoms with Gasteiger partial charge in [-0.3, -0.25) is 0 Å². The van der Waals surface area contributed by atoms with E-state index in [2.05, 4.69) is 0 Å². The average Bonchev–Trinajstić information content (AvgIpc) is 2.42. The van der Waals surface area contributed by atoms with E-state index in [1.54, 1.807) is 18.2 Å². The maximum atomic E-state index is 9.49. The molecule has 0 spiro atoms. The van der Waals surface area contributed by atoms with Gasteiger partial charge in [-0.1, -0.05) is 30.3 Å². The van der Waals surface area contributed by atoms with E-state index in [-0.39, 0.29) is 5.75 Å². The molecule has 0 saturated carbocycles. The molecule has 2 aromatic carbocycles. The van der Waals surface area contributed by atoms with Crippen LogP contribution in [0.1, 0.15) is 6.42 Å². The van der Waals surface area contributed by atoms with Gasteiger partial charge in [0.15, 0.2) is 11.5 Å². The zero-order valence-corrected chi connectivity index (χ0v) is 10.1. The molecule has 0 saturated heterocycles. The first-order valence-corrected chi connectivity index (χ1v) is 5.95. The van der Waals surface area contributed by atoms with Crippen LogP contribution in [0.25, 0.3) is 0 Å². The second-order valence-electron chi connectivity index (χ2n) is 3.83. The van der Waals surface area contributed by atoms with Crippen molar-refractivity contribution < 1.29 is 14.6 Å². The molecule has 0 unspecified atom stereocenters. The third kappa shape index (κ3) is 3.70. The van der Waals surface area contributed by atoms with Crippen LogP contribution in [0.4, 0.5) is 0 Å². The van der Waals surface area contributed by atoms with E-state index >= 15 is 0 Å². The van der Waals surface area contributed by atoms with Gasteiger partial charge in [-0.15, -0.1) is 0 Å². The van der Waals surface area contributed by atoms with E-state index in [4.69, 9.17) is 9.47 Å². The number of phenolic OH excluding ortho intramolecular Hbond substituents is 1. The molecule has 1 N–H and O–H groups in total. The summed E-state index contributed by atoms with van der Waals surface area (Å²) in [6.07, 6.45) is 0.767. The van der Waals surface area contributed by atoms with Gasteiger partial charge in [0.25, 0.3) is 0 Å². The Balaban J connectivity index is 1.66. The van der Waals surface area contributed by atoms with Gasteiger partial charge in [-0.05, 0) is 24.3 Å². The molecule has 0 aliphatic carbocycles. The maximum Gasteiger partial charge on any atom is 0.160 e. The predicted molar refractivity (Wildman–Crippen MR) is 70.2 cm³/mol. The number of para-hydroxylation sites is 3. The zero-order valence-electron chi connectivity index (χ0n) is 10.1. The van der Waals surface area contributed by atoms with Crippen LogP contribution in [-0.4, -0.2) is 18.3 Å². The fourth-order valence-electron chi connectivity index (χ4n) is 1.53. The quantitative estimate of drug-likeness (QED) is 0.793. The highest BCUT2D eigenvalue weighted by Crippen LogP contribution is 2.24. The van der Waals surface area contributed by atoms with Crippen LogP contribution in [-0.2, 0) is 0 Å². The van der Waals surface area contributed by atoms with Crippen molar-refractivity contribution in [1.29, 1.82) is 0 Å². The Morgan fingerprint density at radius 3 is 2.22 bits per heavy atom. The lowest BCUT2D eigenvalue weighted by atomic mass is 10.3. The van der Waals surface area contributed by atoms with Gasteiger partial charge in [0, 0.05) is 6.42 Å². The third-order valence-electron chi connectivity index (χ3n) is 2.42. The van der Waals surface area contributed by atoms with Crippen LogP contribution in [0.2, 0.25) is 0 Å². The summed E-state index contributed by atoms with van der Waals surface area (Å²) in [5.74, 6) is 1.54. The first-order chi connectivity index (χ1) is 8.86. The van der Waals surface area contributed by atoms with Crippen molar-refractivity contribution in [3.63, 3.8) is 0 Å². The lowest BCUT2D eigenvalue weighted by Gasteiger charge is -2.08. The summed E-state index contributed by atoms with van der Waals surface area (Å²) in [5.41, 5.74) is 0. The fraction of sp³-hybridized carbons (Fsp3) is 0.200. The second-order valence-corrected chi connectivity index (χ2v) is 3.83. The third-order valence-corrected chi connectivity index (χ3v) is 2.42. The highest BCUT2D eigenvalue weighted by Gasteiger charge is 1.99. The van der Waals surface area contributed by atoms with E-state index < -0.39 is 0 Å². The minimum absolute atomic E-state index is 0.168. The van der Waals surface area contributed by atoms with Crippen molar-refractivity contribution in [2.45, 2.75) is 6.42 Å². The van der Waals surface area contributed by atoms with Crippen molar-refractivity contribution in [2.24, 2.45) is 0 Å². The van der Waals surface area contributed by atoms with Gasteiger partial charge in [0.1, 0.15) is 5.75 Å². The maximum absolute atomic E-state index is 9.49. The minimum atomic E-state index is 0.168. The summed E-state index contributed by atoms with van der Waals surface area (Å²) in [7, 11) is 0. The highest BCUT2D eigenvalue weighted by molar-refractivity contribution is 5.37. The second kappa shape index (κ2) is 6.55. The van der Waals surface area contributed by atoms with Crippen LogP contribution in [0.15, 0.2) is 54.6 Å². The van der Waals surface area contributed by atoms with Crippen molar-refractivity contribution in [2.75, 3.05) is 13.2 Å². The SMILES string of the molecule is Oc1ccccc1OCCCOc1ccccc1. The molecule has 0 aliphatic heterocycles. The van der Waals surface area contributed by atoms with Crippen molar-refractivity contribution in [3.05, 3.63) is 54.6 Å². The summed E-state index contributed by atoms with van der Waals surface area (Å²) >= 11 is 0. The van der Waals surface area contributed by atoms with Gasteiger partial charge >= 0.3 is 0 Å². The standard InChI is InChI=1S/C15H16O3/c16-14-9-4-5-10-15(14)18-12-6-11-17-13-7-2-1-3-8-13/h1-5,7-10,16H,6,11-12H2. The Kier molecular flexibility index (Phi) is 4.47. The van der Waals surface area contributed by atoms with Crippen molar-refractivity contribution >= 4 is 0 Å². The zero-order chi connectivity index (χ0) is 12.6. The molecular formula is C15H16O3. The lowest BCUT2D eigenvalue weighted by Crippen LogP contribution is -2.04. The van der Waals surface area contributed by atoms with Crippen LogP contribution in [0, 0.1) is 0 Å². The number of benzene rings is 2. The van der Waals surface area contributed by atoms with Crippen molar-refractivity contribution in [3.8, 4) is 17.2 Å². The molecule has 0 aliphatic rings. The molecule has 18 heavy (non-hydrogen) atoms. The molecule has 2 rings (SSSR count). The van der Waals surface area contributed by atoms with E-state index in [1.807, 2.05) is 36.4 Å². The molecule has 0 atom stereocenters. The van der Waals surface area contributed by atoms with Crippen molar-refractivity contribution in [1.82, 2.24) is 0 Å². The lowest BCUT2D eigenvalue weighted by molar-refractivity contribution is 0.241. The van der Waals surface area contributed by atoms with Crippen LogP contribution >= 0.6 is 0 Å². The van der Waals surface area contributed by atoms with E-state index in [1.165, 1.54) is 0 Å². The van der Waals surface area contributed by atoms with Gasteiger partial charge in [0.05, 0.1) is 13.2 Å². The topological polar surface area (TPSA) is 38.7 Å². The molecule has 94 valence electrons. The van der Waals surface area contributed by atoms with E-state index in [0.717, 1.165) is 12.2 Å². The molecular weight excluding hydrogens is 228 g/mol. The van der Waals surface area contributed by atoms with Gasteiger partial charge in [0.2, 0.25) is 0 Å². The Morgan fingerprint density at radius 1 is 0.778 bits per heavy atom. The normalized spacial score (nSPS) is 10.0. The molecule has 0 aromatic heterocycles. The molecule has 3 heteroatoms. The van der Waals surface area contributed by atoms with Gasteiger partial charge in [-0.25, -0.2) is 0 Å². The molecule has 2 aromatic rings. The fourth-order valence-corrected chi connectivity index (χ4v) is 1.53. The summed E-state index contributed by atoms with van der Waals surface area (Å²) in [4.78, 5) is 0. The Bertz CT molecular complexity index is 468. The Hall–Kier alpha value is -2.16. The van der Waals surface area contributed by atoms with E-state index in [9.17, 15) is 5.11 Å². The number of hydrogen-bond acceptors (Lipinski definition) is 3. The summed E-state index contributed by atoms with van der Waals surface area (Å²) in [6.45, 7) is 1.11. The molecule has 0 bridgehead atoms. The Labute approximate surface area is 107 Å². The number of rotatable bonds is 6. The first kappa shape index (κ1) is 12.3. The van der Waals surface area contributed by atoms with Crippen LogP contribution in [0.3, 0.4) is 0 Å². The molecule has 0 heterocycles. The predicted octanol–water partition coefficient (Wildman–Crippen LogP) is 3.24. The molecule has 3 nitrogen and oxygen atoms in total. The monoisotopic (exact) mass is 244 g/mol. The summed E-state index contributed by atoms with van der Waals surface area (Å²) in [5, 5.41) is 9.49. The molecule has 0 fully saturated rings. The van der Waals surface area contributed by atoms with Gasteiger partial charge < -0.3 is 14.6 Å². The molecule has 0 radical (unpaired) electrons. The summed E-state index contributed by atoms with van der Waals surface area (Å²) in [6, 6.07) is 16.6. The molecule has 0 amide bonds. The number of phenols is 1. The van der Waals surface area contributed by atoms with Crippen LogP contribution < -0.4 is 9.47 Å². The average molecular weight is 244 g/mol. The largest absolute Gasteiger partial charge is 0.504 e. The summed E-state index contributed by atoms with van der Waals surface area (Å²) < 4.78 is 11.0. The minimum Gasteiger partial charge on any atom is -0.504 e. The first-order valence-electron chi connectivity index (χ1n) is 5.95. The number of aromatic hydroxyl groups is 1. The van der Waals surface area contributed by atoms with E-state index in [0.29, 0.717) is 19.0 Å². The smallest absolute Gasteiger partial charge is 0.160 e.